The molecule has 146 valence electrons. The molecule has 5 nitrogen and oxygen atoms in total. The molecule has 9 heteroatoms. The lowest BCUT2D eigenvalue weighted by Gasteiger charge is -2.10. The monoisotopic (exact) mass is 406 g/mol. The molecule has 0 saturated heterocycles. The number of carbonyl (C=O) groups is 1. The van der Waals surface area contributed by atoms with Gasteiger partial charge in [-0.3, -0.25) is 4.79 Å². The molecule has 0 atom stereocenters. The fourth-order valence-corrected chi connectivity index (χ4v) is 3.38. The van der Waals surface area contributed by atoms with Crippen LogP contribution in [0.3, 0.4) is 0 Å². The number of amides is 1. The second-order valence-electron chi connectivity index (χ2n) is 5.83. The van der Waals surface area contributed by atoms with E-state index in [1.807, 2.05) is 41.8 Å². The van der Waals surface area contributed by atoms with Crippen molar-refractivity contribution < 1.29 is 18.0 Å². The van der Waals surface area contributed by atoms with Crippen molar-refractivity contribution in [3.63, 3.8) is 0 Å². The molecule has 2 aromatic carbocycles. The molecule has 3 aromatic rings. The number of benzene rings is 2. The summed E-state index contributed by atoms with van der Waals surface area (Å²) in [6, 6.07) is 14.1. The van der Waals surface area contributed by atoms with E-state index in [1.165, 1.54) is 23.9 Å². The highest BCUT2D eigenvalue weighted by atomic mass is 32.2. The summed E-state index contributed by atoms with van der Waals surface area (Å²) < 4.78 is 40.2. The second kappa shape index (κ2) is 8.47. The maximum Gasteiger partial charge on any atom is 0.416 e. The van der Waals surface area contributed by atoms with Gasteiger partial charge in [0.25, 0.3) is 0 Å². The summed E-state index contributed by atoms with van der Waals surface area (Å²) >= 11 is 1.18. The third-order valence-corrected chi connectivity index (χ3v) is 4.84. The van der Waals surface area contributed by atoms with Crippen LogP contribution in [0.4, 0.5) is 18.9 Å². The maximum atomic E-state index is 12.8. The Morgan fingerprint density at radius 2 is 1.86 bits per heavy atom. The molecule has 3 rings (SSSR count). The van der Waals surface area contributed by atoms with E-state index < -0.39 is 17.6 Å². The fourth-order valence-electron chi connectivity index (χ4n) is 2.58. The van der Waals surface area contributed by atoms with Crippen molar-refractivity contribution in [1.82, 2.24) is 14.8 Å². The predicted molar refractivity (Wildman–Crippen MR) is 102 cm³/mol. The van der Waals surface area contributed by atoms with Crippen molar-refractivity contribution in [3.05, 3.63) is 60.2 Å². The number of hydrogen-bond acceptors (Lipinski definition) is 4. The molecule has 1 amide bonds. The van der Waals surface area contributed by atoms with E-state index in [0.29, 0.717) is 17.5 Å². The second-order valence-corrected chi connectivity index (χ2v) is 6.77. The Kier molecular flexibility index (Phi) is 6.03. The van der Waals surface area contributed by atoms with Gasteiger partial charge >= 0.3 is 6.18 Å². The van der Waals surface area contributed by atoms with Crippen molar-refractivity contribution in [2.24, 2.45) is 0 Å². The Bertz CT molecular complexity index is 957. The van der Waals surface area contributed by atoms with Gasteiger partial charge in [-0.15, -0.1) is 10.2 Å². The minimum Gasteiger partial charge on any atom is -0.325 e. The van der Waals surface area contributed by atoms with Crippen molar-refractivity contribution in [3.8, 4) is 11.4 Å². The highest BCUT2D eigenvalue weighted by Crippen LogP contribution is 2.31. The van der Waals surface area contributed by atoms with Crippen LogP contribution in [-0.4, -0.2) is 26.4 Å². The fraction of sp³-hybridized carbons (Fsp3) is 0.211. The minimum atomic E-state index is -4.46. The highest BCUT2D eigenvalue weighted by Gasteiger charge is 2.30. The zero-order valence-corrected chi connectivity index (χ0v) is 15.7. The van der Waals surface area contributed by atoms with Crippen molar-refractivity contribution in [2.75, 3.05) is 11.1 Å². The molecule has 0 aliphatic rings. The predicted octanol–water partition coefficient (Wildman–Crippen LogP) is 4.71. The largest absolute Gasteiger partial charge is 0.416 e. The Morgan fingerprint density at radius 3 is 2.54 bits per heavy atom. The number of nitrogens with zero attached hydrogens (tertiary/aromatic N) is 3. The molecule has 0 radical (unpaired) electrons. The molecular formula is C19H17F3N4OS. The van der Waals surface area contributed by atoms with E-state index in [4.69, 9.17) is 0 Å². The number of carbonyl (C=O) groups excluding carboxylic acids is 1. The highest BCUT2D eigenvalue weighted by molar-refractivity contribution is 7.99. The summed E-state index contributed by atoms with van der Waals surface area (Å²) in [7, 11) is 0. The third kappa shape index (κ3) is 4.72. The number of rotatable bonds is 6. The molecule has 28 heavy (non-hydrogen) atoms. The molecule has 0 spiro atoms. The van der Waals surface area contributed by atoms with Gasteiger partial charge in [-0.25, -0.2) is 0 Å². The number of hydrogen-bond donors (Lipinski definition) is 1. The first-order valence-corrected chi connectivity index (χ1v) is 9.45. The maximum absolute atomic E-state index is 12.8. The van der Waals surface area contributed by atoms with Crippen LogP contribution in [0.15, 0.2) is 59.8 Å². The molecular weight excluding hydrogens is 389 g/mol. The number of aromatic nitrogens is 3. The van der Waals surface area contributed by atoms with E-state index >= 15 is 0 Å². The van der Waals surface area contributed by atoms with Gasteiger partial charge in [0.15, 0.2) is 11.0 Å². The summed E-state index contributed by atoms with van der Waals surface area (Å²) in [5.41, 5.74) is 0.204. The molecule has 0 aliphatic carbocycles. The SMILES string of the molecule is CCn1c(SCC(=O)Nc2cccc(C(F)(F)F)c2)nnc1-c1ccccc1. The number of alkyl halides is 3. The molecule has 0 unspecified atom stereocenters. The van der Waals surface area contributed by atoms with Gasteiger partial charge < -0.3 is 9.88 Å². The average molecular weight is 406 g/mol. The van der Waals surface area contributed by atoms with Crippen molar-refractivity contribution in [2.45, 2.75) is 24.8 Å². The van der Waals surface area contributed by atoms with Crippen molar-refractivity contribution in [1.29, 1.82) is 0 Å². The van der Waals surface area contributed by atoms with Crippen LogP contribution in [0.5, 0.6) is 0 Å². The Hall–Kier alpha value is -2.81. The summed E-state index contributed by atoms with van der Waals surface area (Å²) in [5.74, 6) is 0.281. The third-order valence-electron chi connectivity index (χ3n) is 3.87. The molecule has 1 N–H and O–H groups in total. The van der Waals surface area contributed by atoms with Crippen LogP contribution in [0.2, 0.25) is 0 Å². The average Bonchev–Trinajstić information content (AvgIpc) is 3.09. The molecule has 0 fully saturated rings. The number of anilines is 1. The standard InChI is InChI=1S/C19H17F3N4OS/c1-2-26-17(13-7-4-3-5-8-13)24-25-18(26)28-12-16(27)23-15-10-6-9-14(11-15)19(20,21)22/h3-11H,2,12H2,1H3,(H,23,27). The van der Waals surface area contributed by atoms with E-state index in [2.05, 4.69) is 15.5 Å². The zero-order valence-electron chi connectivity index (χ0n) is 14.9. The van der Waals surface area contributed by atoms with Crippen LogP contribution in [-0.2, 0) is 17.5 Å². The van der Waals surface area contributed by atoms with Gasteiger partial charge in [0.1, 0.15) is 0 Å². The number of thioether (sulfide) groups is 1. The summed E-state index contributed by atoms with van der Waals surface area (Å²) in [4.78, 5) is 12.2. The quantitative estimate of drug-likeness (QED) is 0.602. The van der Waals surface area contributed by atoms with E-state index in [0.717, 1.165) is 17.7 Å². The van der Waals surface area contributed by atoms with Crippen LogP contribution >= 0.6 is 11.8 Å². The van der Waals surface area contributed by atoms with Crippen molar-refractivity contribution >= 4 is 23.4 Å². The Morgan fingerprint density at radius 1 is 1.11 bits per heavy atom. The van der Waals surface area contributed by atoms with Crippen LogP contribution < -0.4 is 5.32 Å². The van der Waals surface area contributed by atoms with Gasteiger partial charge in [-0.2, -0.15) is 13.2 Å². The summed E-state index contributed by atoms with van der Waals surface area (Å²) in [6.45, 7) is 2.57. The van der Waals surface area contributed by atoms with Gasteiger partial charge in [0.05, 0.1) is 11.3 Å². The summed E-state index contributed by atoms with van der Waals surface area (Å²) in [6.07, 6.45) is -4.46. The minimum absolute atomic E-state index is 0.00314. The molecule has 0 bridgehead atoms. The topological polar surface area (TPSA) is 59.8 Å². The Labute approximate surface area is 164 Å². The molecule has 1 heterocycles. The van der Waals surface area contributed by atoms with Crippen LogP contribution in [0, 0.1) is 0 Å². The van der Waals surface area contributed by atoms with E-state index in [9.17, 15) is 18.0 Å². The van der Waals surface area contributed by atoms with Gasteiger partial charge in [0.2, 0.25) is 5.91 Å². The lowest BCUT2D eigenvalue weighted by atomic mass is 10.2. The first-order chi connectivity index (χ1) is 13.4. The first kappa shape index (κ1) is 19.9. The Balaban J connectivity index is 1.66. The number of halogens is 3. The molecule has 0 saturated carbocycles. The van der Waals surface area contributed by atoms with Gasteiger partial charge in [-0.05, 0) is 25.1 Å². The van der Waals surface area contributed by atoms with E-state index in [-0.39, 0.29) is 11.4 Å². The molecule has 1 aromatic heterocycles. The van der Waals surface area contributed by atoms with Gasteiger partial charge in [-0.1, -0.05) is 48.2 Å². The lowest BCUT2D eigenvalue weighted by molar-refractivity contribution is -0.137. The smallest absolute Gasteiger partial charge is 0.325 e. The first-order valence-electron chi connectivity index (χ1n) is 8.47. The number of nitrogens with one attached hydrogen (secondary N) is 1. The normalized spacial score (nSPS) is 11.4. The lowest BCUT2D eigenvalue weighted by Crippen LogP contribution is -2.15. The van der Waals surface area contributed by atoms with Crippen LogP contribution in [0.25, 0.3) is 11.4 Å². The van der Waals surface area contributed by atoms with Crippen LogP contribution in [0.1, 0.15) is 12.5 Å². The van der Waals surface area contributed by atoms with Gasteiger partial charge in [0, 0.05) is 17.8 Å². The van der Waals surface area contributed by atoms with E-state index in [1.54, 1.807) is 0 Å². The summed E-state index contributed by atoms with van der Waals surface area (Å²) in [5, 5.41) is 11.4. The molecule has 0 aliphatic heterocycles. The zero-order chi connectivity index (χ0) is 20.1.